The fourth-order valence-electron chi connectivity index (χ4n) is 3.78. The highest BCUT2D eigenvalue weighted by Crippen LogP contribution is 2.11. The zero-order valence-electron chi connectivity index (χ0n) is 22.8. The number of carbonyl (C=O) groups excluding carboxylic acids is 2. The second-order valence-corrected chi connectivity index (χ2v) is 9.48. The van der Waals surface area contributed by atoms with Gasteiger partial charge in [-0.25, -0.2) is 0 Å². The van der Waals surface area contributed by atoms with Crippen LogP contribution in [-0.2, 0) is 19.1 Å². The number of hydrogen-bond acceptors (Lipinski definition) is 5. The standard InChI is InChI=1S/C30H54O5/c1-3-5-7-9-11-13-14-15-16-17-19-20-22-24-29(32)34-27-28(26-31)35-30(33)25-23-21-18-12-10-8-6-4-2/h15-16,19-20,28,31H,3-14,17-18,21-27H2,1-2H3/b16-15+,20-19+. The lowest BCUT2D eigenvalue weighted by molar-refractivity contribution is -0.161. The zero-order valence-corrected chi connectivity index (χ0v) is 22.8. The summed E-state index contributed by atoms with van der Waals surface area (Å²) < 4.78 is 10.4. The van der Waals surface area contributed by atoms with Gasteiger partial charge in [-0.3, -0.25) is 9.59 Å². The highest BCUT2D eigenvalue weighted by Gasteiger charge is 2.15. The molecule has 1 atom stereocenters. The summed E-state index contributed by atoms with van der Waals surface area (Å²) in [4.78, 5) is 23.8. The molecule has 0 aromatic rings. The smallest absolute Gasteiger partial charge is 0.306 e. The summed E-state index contributed by atoms with van der Waals surface area (Å²) in [5.41, 5.74) is 0. The van der Waals surface area contributed by atoms with Gasteiger partial charge in [0.15, 0.2) is 6.10 Å². The van der Waals surface area contributed by atoms with E-state index in [0.29, 0.717) is 12.8 Å². The second kappa shape index (κ2) is 27.0. The van der Waals surface area contributed by atoms with Gasteiger partial charge in [-0.05, 0) is 32.1 Å². The van der Waals surface area contributed by atoms with Gasteiger partial charge in [-0.15, -0.1) is 0 Å². The predicted molar refractivity (Wildman–Crippen MR) is 145 cm³/mol. The SMILES string of the molecule is CCCCCCCC/C=C/C/C=C/CCC(=O)OCC(CO)OC(=O)CCCCCCCCCC. The molecule has 0 heterocycles. The molecule has 1 N–H and O–H groups in total. The molecule has 0 radical (unpaired) electrons. The molecule has 0 aliphatic carbocycles. The number of aliphatic hydroxyl groups excluding tert-OH is 1. The van der Waals surface area contributed by atoms with Gasteiger partial charge in [-0.1, -0.05) is 115 Å². The van der Waals surface area contributed by atoms with E-state index >= 15 is 0 Å². The Balaban J connectivity index is 3.71. The molecule has 5 nitrogen and oxygen atoms in total. The van der Waals surface area contributed by atoms with Gasteiger partial charge in [0.25, 0.3) is 0 Å². The van der Waals surface area contributed by atoms with Crippen LogP contribution in [0.1, 0.15) is 136 Å². The van der Waals surface area contributed by atoms with E-state index < -0.39 is 6.10 Å². The summed E-state index contributed by atoms with van der Waals surface area (Å²) in [7, 11) is 0. The Hall–Kier alpha value is -1.62. The van der Waals surface area contributed by atoms with Crippen LogP contribution in [0.15, 0.2) is 24.3 Å². The van der Waals surface area contributed by atoms with Crippen LogP contribution in [0.5, 0.6) is 0 Å². The third-order valence-corrected chi connectivity index (χ3v) is 6.01. The van der Waals surface area contributed by atoms with Crippen LogP contribution in [0.4, 0.5) is 0 Å². The summed E-state index contributed by atoms with van der Waals surface area (Å²) in [5.74, 6) is -0.676. The molecule has 0 aromatic carbocycles. The molecule has 0 saturated heterocycles. The number of allylic oxidation sites excluding steroid dienone is 4. The molecule has 0 aromatic heterocycles. The lowest BCUT2D eigenvalue weighted by Gasteiger charge is -2.15. The first-order valence-corrected chi connectivity index (χ1v) is 14.4. The molecule has 1 unspecified atom stereocenters. The van der Waals surface area contributed by atoms with Crippen molar-refractivity contribution in [3.05, 3.63) is 24.3 Å². The molecule has 0 saturated carbocycles. The van der Waals surface area contributed by atoms with E-state index in [-0.39, 0.29) is 31.6 Å². The van der Waals surface area contributed by atoms with E-state index in [4.69, 9.17) is 9.47 Å². The van der Waals surface area contributed by atoms with Gasteiger partial charge >= 0.3 is 11.9 Å². The summed E-state index contributed by atoms with van der Waals surface area (Å²) in [6.45, 7) is 4.01. The van der Waals surface area contributed by atoms with Crippen molar-refractivity contribution in [3.8, 4) is 0 Å². The number of unbranched alkanes of at least 4 members (excludes halogenated alkanes) is 13. The van der Waals surface area contributed by atoms with Crippen molar-refractivity contribution in [1.29, 1.82) is 0 Å². The number of carbonyl (C=O) groups is 2. The van der Waals surface area contributed by atoms with Crippen molar-refractivity contribution in [2.24, 2.45) is 0 Å². The van der Waals surface area contributed by atoms with Gasteiger partial charge in [0.1, 0.15) is 6.61 Å². The van der Waals surface area contributed by atoms with Crippen molar-refractivity contribution in [2.75, 3.05) is 13.2 Å². The topological polar surface area (TPSA) is 72.8 Å². The monoisotopic (exact) mass is 494 g/mol. The van der Waals surface area contributed by atoms with Crippen molar-refractivity contribution in [2.45, 2.75) is 142 Å². The maximum atomic E-state index is 12.0. The van der Waals surface area contributed by atoms with Crippen LogP contribution in [0, 0.1) is 0 Å². The molecule has 5 heteroatoms. The fourth-order valence-corrected chi connectivity index (χ4v) is 3.78. The Morgan fingerprint density at radius 3 is 1.80 bits per heavy atom. The largest absolute Gasteiger partial charge is 0.462 e. The Morgan fingerprint density at radius 1 is 0.657 bits per heavy atom. The molecule has 35 heavy (non-hydrogen) atoms. The molecule has 0 rings (SSSR count). The predicted octanol–water partition coefficient (Wildman–Crippen LogP) is 8.00. The zero-order chi connectivity index (χ0) is 25.8. The van der Waals surface area contributed by atoms with Crippen LogP contribution in [0.25, 0.3) is 0 Å². The Kier molecular flexibility index (Phi) is 25.7. The molecular formula is C30H54O5. The molecule has 0 aliphatic heterocycles. The number of rotatable bonds is 25. The lowest BCUT2D eigenvalue weighted by Crippen LogP contribution is -2.28. The average molecular weight is 495 g/mol. The minimum atomic E-state index is -0.784. The van der Waals surface area contributed by atoms with Crippen LogP contribution in [-0.4, -0.2) is 36.4 Å². The van der Waals surface area contributed by atoms with E-state index in [1.807, 2.05) is 6.08 Å². The van der Waals surface area contributed by atoms with Crippen molar-refractivity contribution >= 4 is 11.9 Å². The van der Waals surface area contributed by atoms with E-state index in [0.717, 1.165) is 32.1 Å². The average Bonchev–Trinajstić information content (AvgIpc) is 2.86. The molecule has 0 spiro atoms. The first-order valence-electron chi connectivity index (χ1n) is 14.4. The number of ether oxygens (including phenoxy) is 2. The third-order valence-electron chi connectivity index (χ3n) is 6.01. The Bertz CT molecular complexity index is 541. The lowest BCUT2D eigenvalue weighted by atomic mass is 10.1. The quantitative estimate of drug-likeness (QED) is 0.0790. The van der Waals surface area contributed by atoms with E-state index in [1.54, 1.807) is 0 Å². The maximum Gasteiger partial charge on any atom is 0.306 e. The molecule has 0 bridgehead atoms. The fraction of sp³-hybridized carbons (Fsp3) is 0.800. The van der Waals surface area contributed by atoms with Gasteiger partial charge in [0.2, 0.25) is 0 Å². The summed E-state index contributed by atoms with van der Waals surface area (Å²) in [6.07, 6.45) is 28.2. The van der Waals surface area contributed by atoms with Crippen molar-refractivity contribution < 1.29 is 24.2 Å². The molecular weight excluding hydrogens is 440 g/mol. The highest BCUT2D eigenvalue weighted by atomic mass is 16.6. The van der Waals surface area contributed by atoms with Crippen LogP contribution < -0.4 is 0 Å². The van der Waals surface area contributed by atoms with E-state index in [9.17, 15) is 14.7 Å². The van der Waals surface area contributed by atoms with E-state index in [2.05, 4.69) is 32.1 Å². The normalized spacial score (nSPS) is 12.4. The van der Waals surface area contributed by atoms with Crippen LogP contribution in [0.2, 0.25) is 0 Å². The summed E-state index contributed by atoms with van der Waals surface area (Å²) >= 11 is 0. The Morgan fingerprint density at radius 2 is 1.20 bits per heavy atom. The van der Waals surface area contributed by atoms with Crippen LogP contribution >= 0.6 is 0 Å². The number of aliphatic hydroxyl groups is 1. The molecule has 0 aliphatic rings. The highest BCUT2D eigenvalue weighted by molar-refractivity contribution is 5.70. The summed E-state index contributed by atoms with van der Waals surface area (Å²) in [6, 6.07) is 0. The first-order chi connectivity index (χ1) is 17.1. The van der Waals surface area contributed by atoms with Gasteiger partial charge in [-0.2, -0.15) is 0 Å². The number of hydrogen-bond donors (Lipinski definition) is 1. The van der Waals surface area contributed by atoms with Gasteiger partial charge in [0, 0.05) is 12.8 Å². The van der Waals surface area contributed by atoms with Crippen molar-refractivity contribution in [1.82, 2.24) is 0 Å². The second-order valence-electron chi connectivity index (χ2n) is 9.48. The molecule has 0 amide bonds. The van der Waals surface area contributed by atoms with Gasteiger partial charge < -0.3 is 14.6 Å². The van der Waals surface area contributed by atoms with Crippen LogP contribution in [0.3, 0.4) is 0 Å². The minimum absolute atomic E-state index is 0.0939. The Labute approximate surface area is 215 Å². The third kappa shape index (κ3) is 25.3. The summed E-state index contributed by atoms with van der Waals surface area (Å²) in [5, 5.41) is 9.41. The first kappa shape index (κ1) is 33.4. The van der Waals surface area contributed by atoms with Gasteiger partial charge in [0.05, 0.1) is 6.61 Å². The van der Waals surface area contributed by atoms with E-state index in [1.165, 1.54) is 70.6 Å². The molecule has 0 fully saturated rings. The number of esters is 2. The van der Waals surface area contributed by atoms with Crippen molar-refractivity contribution in [3.63, 3.8) is 0 Å². The molecule has 204 valence electrons. The maximum absolute atomic E-state index is 12.0. The minimum Gasteiger partial charge on any atom is -0.462 e.